The van der Waals surface area contributed by atoms with E-state index in [-0.39, 0.29) is 11.3 Å². The fraction of sp³-hybridized carbons (Fsp3) is 0.933. The lowest BCUT2D eigenvalue weighted by atomic mass is 9.81. The Morgan fingerprint density at radius 2 is 2.11 bits per heavy atom. The molecule has 1 saturated carbocycles. The molecule has 2 aliphatic rings. The van der Waals surface area contributed by atoms with Gasteiger partial charge in [0, 0.05) is 23.3 Å². The van der Waals surface area contributed by atoms with E-state index in [1.807, 2.05) is 0 Å². The van der Waals surface area contributed by atoms with Crippen molar-refractivity contribution in [3.63, 3.8) is 0 Å². The van der Waals surface area contributed by atoms with Gasteiger partial charge in [-0.1, -0.05) is 43.1 Å². The van der Waals surface area contributed by atoms with Gasteiger partial charge in [0.1, 0.15) is 0 Å². The number of hydrogen-bond acceptors (Lipinski definition) is 1. The minimum Gasteiger partial charge on any atom is -0.339 e. The summed E-state index contributed by atoms with van der Waals surface area (Å²) >= 11 is 3.63. The minimum atomic E-state index is 0.213. The first-order valence-corrected chi connectivity index (χ1v) is 8.28. The zero-order valence-corrected chi connectivity index (χ0v) is 13.5. The molecule has 1 saturated heterocycles. The lowest BCUT2D eigenvalue weighted by Crippen LogP contribution is -2.43. The Hall–Kier alpha value is -0.0500. The van der Waals surface area contributed by atoms with E-state index in [1.165, 1.54) is 25.7 Å². The van der Waals surface area contributed by atoms with E-state index >= 15 is 0 Å². The van der Waals surface area contributed by atoms with Crippen molar-refractivity contribution in [2.75, 3.05) is 6.54 Å². The Labute approximate surface area is 120 Å². The van der Waals surface area contributed by atoms with E-state index < -0.39 is 0 Å². The second-order valence-electron chi connectivity index (χ2n) is 6.78. The number of halogens is 1. The Bertz CT molecular complexity index is 314. The highest BCUT2D eigenvalue weighted by atomic mass is 79.9. The molecule has 3 atom stereocenters. The van der Waals surface area contributed by atoms with E-state index in [0.717, 1.165) is 19.4 Å². The predicted octanol–water partition coefficient (Wildman–Crippen LogP) is 3.98. The molecule has 0 aromatic carbocycles. The van der Waals surface area contributed by atoms with E-state index in [4.69, 9.17) is 0 Å². The Morgan fingerprint density at radius 1 is 1.39 bits per heavy atom. The summed E-state index contributed by atoms with van der Waals surface area (Å²) in [5, 5.41) is 0. The van der Waals surface area contributed by atoms with E-state index in [2.05, 4.69) is 41.6 Å². The second kappa shape index (κ2) is 5.52. The van der Waals surface area contributed by atoms with Crippen LogP contribution in [0.1, 0.15) is 59.3 Å². The zero-order chi connectivity index (χ0) is 13.3. The molecule has 0 radical (unpaired) electrons. The first kappa shape index (κ1) is 14.4. The van der Waals surface area contributed by atoms with Gasteiger partial charge in [-0.3, -0.25) is 4.79 Å². The van der Waals surface area contributed by atoms with Crippen LogP contribution in [0.25, 0.3) is 0 Å². The van der Waals surface area contributed by atoms with Crippen molar-refractivity contribution in [2.45, 2.75) is 70.2 Å². The topological polar surface area (TPSA) is 20.3 Å². The van der Waals surface area contributed by atoms with Crippen LogP contribution in [-0.4, -0.2) is 28.2 Å². The zero-order valence-electron chi connectivity index (χ0n) is 11.9. The van der Waals surface area contributed by atoms with Crippen LogP contribution in [0.3, 0.4) is 0 Å². The molecule has 1 heterocycles. The highest BCUT2D eigenvalue weighted by Crippen LogP contribution is 2.44. The molecule has 1 amide bonds. The third-order valence-corrected chi connectivity index (χ3v) is 5.19. The van der Waals surface area contributed by atoms with Gasteiger partial charge in [0.05, 0.1) is 0 Å². The maximum absolute atomic E-state index is 12.8. The normalized spacial score (nSPS) is 32.8. The maximum atomic E-state index is 12.8. The van der Waals surface area contributed by atoms with E-state index in [0.29, 0.717) is 16.8 Å². The van der Waals surface area contributed by atoms with Gasteiger partial charge in [-0.15, -0.1) is 0 Å². The number of carbonyl (C=O) groups excluding carboxylic acids is 1. The third-order valence-electron chi connectivity index (χ3n) is 4.81. The van der Waals surface area contributed by atoms with Crippen molar-refractivity contribution in [1.82, 2.24) is 4.90 Å². The molecule has 3 unspecified atom stereocenters. The average Bonchev–Trinajstić information content (AvgIpc) is 2.82. The van der Waals surface area contributed by atoms with E-state index in [1.54, 1.807) is 0 Å². The quantitative estimate of drug-likeness (QED) is 0.721. The van der Waals surface area contributed by atoms with Crippen LogP contribution in [0.15, 0.2) is 0 Å². The van der Waals surface area contributed by atoms with Crippen molar-refractivity contribution in [1.29, 1.82) is 0 Å². The van der Waals surface area contributed by atoms with Crippen molar-refractivity contribution in [2.24, 2.45) is 11.3 Å². The van der Waals surface area contributed by atoms with Crippen LogP contribution < -0.4 is 0 Å². The molecule has 2 nitrogen and oxygen atoms in total. The van der Waals surface area contributed by atoms with Crippen LogP contribution >= 0.6 is 15.9 Å². The van der Waals surface area contributed by atoms with Crippen LogP contribution in [0, 0.1) is 11.3 Å². The van der Waals surface area contributed by atoms with Gasteiger partial charge >= 0.3 is 0 Å². The number of amides is 1. The second-order valence-corrected chi connectivity index (χ2v) is 8.34. The lowest BCUT2D eigenvalue weighted by molar-refractivity contribution is -0.139. The monoisotopic (exact) mass is 315 g/mol. The van der Waals surface area contributed by atoms with Crippen molar-refractivity contribution in [3.8, 4) is 0 Å². The van der Waals surface area contributed by atoms with Crippen LogP contribution in [0.4, 0.5) is 0 Å². The van der Waals surface area contributed by atoms with Gasteiger partial charge in [-0.25, -0.2) is 0 Å². The van der Waals surface area contributed by atoms with Crippen molar-refractivity contribution < 1.29 is 4.79 Å². The summed E-state index contributed by atoms with van der Waals surface area (Å²) in [4.78, 5) is 15.5. The maximum Gasteiger partial charge on any atom is 0.226 e. The highest BCUT2D eigenvalue weighted by molar-refractivity contribution is 9.09. The summed E-state index contributed by atoms with van der Waals surface area (Å²) in [5.41, 5.74) is 0.213. The Balaban J connectivity index is 2.04. The summed E-state index contributed by atoms with van der Waals surface area (Å²) in [6, 6.07) is 0.475. The minimum absolute atomic E-state index is 0.213. The van der Waals surface area contributed by atoms with Gasteiger partial charge in [0.15, 0.2) is 0 Å². The molecular weight excluding hydrogens is 290 g/mol. The predicted molar refractivity (Wildman–Crippen MR) is 78.9 cm³/mol. The fourth-order valence-corrected chi connectivity index (χ4v) is 4.16. The van der Waals surface area contributed by atoms with Crippen molar-refractivity contribution in [3.05, 3.63) is 0 Å². The molecule has 0 aromatic heterocycles. The van der Waals surface area contributed by atoms with Crippen LogP contribution in [0.5, 0.6) is 0 Å². The number of nitrogens with zero attached hydrogens (tertiary/aromatic N) is 1. The number of carbonyl (C=O) groups is 1. The molecule has 1 aliphatic heterocycles. The van der Waals surface area contributed by atoms with Crippen LogP contribution in [0.2, 0.25) is 0 Å². The summed E-state index contributed by atoms with van der Waals surface area (Å²) in [6.07, 6.45) is 6.99. The lowest BCUT2D eigenvalue weighted by Gasteiger charge is -2.33. The number of rotatable bonds is 3. The van der Waals surface area contributed by atoms with Crippen LogP contribution in [-0.2, 0) is 4.79 Å². The molecule has 18 heavy (non-hydrogen) atoms. The molecule has 3 heteroatoms. The molecule has 0 bridgehead atoms. The summed E-state index contributed by atoms with van der Waals surface area (Å²) < 4.78 is 0. The average molecular weight is 316 g/mol. The summed E-state index contributed by atoms with van der Waals surface area (Å²) in [5.74, 6) is 0.705. The summed E-state index contributed by atoms with van der Waals surface area (Å²) in [6.45, 7) is 7.69. The SMILES string of the molecule is CC(Br)CC1CCCN1C(=O)C1CCCC1(C)C. The summed E-state index contributed by atoms with van der Waals surface area (Å²) in [7, 11) is 0. The highest BCUT2D eigenvalue weighted by Gasteiger charge is 2.43. The molecule has 2 fully saturated rings. The smallest absolute Gasteiger partial charge is 0.226 e. The van der Waals surface area contributed by atoms with Gasteiger partial charge in [-0.05, 0) is 37.5 Å². The molecule has 1 aliphatic carbocycles. The molecule has 2 rings (SSSR count). The van der Waals surface area contributed by atoms with Gasteiger partial charge in [0.25, 0.3) is 0 Å². The van der Waals surface area contributed by atoms with Gasteiger partial charge in [0.2, 0.25) is 5.91 Å². The Morgan fingerprint density at radius 3 is 2.67 bits per heavy atom. The van der Waals surface area contributed by atoms with Crippen molar-refractivity contribution >= 4 is 21.8 Å². The Kier molecular flexibility index (Phi) is 4.40. The number of alkyl halides is 1. The van der Waals surface area contributed by atoms with Gasteiger partial charge in [-0.2, -0.15) is 0 Å². The fourth-order valence-electron chi connectivity index (χ4n) is 3.73. The molecule has 0 aromatic rings. The molecule has 0 N–H and O–H groups in total. The van der Waals surface area contributed by atoms with Gasteiger partial charge < -0.3 is 4.90 Å². The standard InChI is InChI=1S/C15H26BrNO/c1-11(16)10-12-6-5-9-17(12)14(18)13-7-4-8-15(13,2)3/h11-13H,4-10H2,1-3H3. The first-order chi connectivity index (χ1) is 8.42. The molecule has 0 spiro atoms. The first-order valence-electron chi connectivity index (χ1n) is 7.36. The van der Waals surface area contributed by atoms with E-state index in [9.17, 15) is 4.79 Å². The number of hydrogen-bond donors (Lipinski definition) is 0. The molecular formula is C15H26BrNO. The molecule has 104 valence electrons. The number of likely N-dealkylation sites (tertiary alicyclic amines) is 1. The largest absolute Gasteiger partial charge is 0.339 e. The third kappa shape index (κ3) is 2.92.